The van der Waals surface area contributed by atoms with Crippen LogP contribution >= 0.6 is 0 Å². The lowest BCUT2D eigenvalue weighted by molar-refractivity contribution is 0.107. The van der Waals surface area contributed by atoms with Crippen LogP contribution in [0, 0.1) is 0 Å². The number of rotatable bonds is 8. The highest BCUT2D eigenvalue weighted by Crippen LogP contribution is 2.30. The molecule has 1 saturated heterocycles. The lowest BCUT2D eigenvalue weighted by atomic mass is 10.2. The van der Waals surface area contributed by atoms with Crippen molar-refractivity contribution in [2.45, 2.75) is 39.2 Å². The van der Waals surface area contributed by atoms with Gasteiger partial charge in [0.2, 0.25) is 0 Å². The number of ether oxygens (including phenoxy) is 3. The van der Waals surface area contributed by atoms with Crippen LogP contribution in [-0.4, -0.2) is 32.5 Å². The highest BCUT2D eigenvalue weighted by atomic mass is 16.5. The molecule has 1 aromatic rings. The summed E-state index contributed by atoms with van der Waals surface area (Å²) in [4.78, 5) is 0. The van der Waals surface area contributed by atoms with Gasteiger partial charge in [-0.3, -0.25) is 0 Å². The minimum atomic E-state index is 0.427. The van der Waals surface area contributed by atoms with Crippen LogP contribution in [0.25, 0.3) is 0 Å². The Bertz CT molecular complexity index is 403. The fourth-order valence-corrected chi connectivity index (χ4v) is 2.41. The minimum Gasteiger partial charge on any atom is -0.490 e. The standard InChI is InChI=1S/C16H25NO3/c1-3-18-15-8-7-13(12-16(15)19-4-2)17-10-9-14-6-5-11-20-14/h7-8,12,14,17H,3-6,9-11H2,1-2H3. The molecule has 1 aliphatic rings. The lowest BCUT2D eigenvalue weighted by Gasteiger charge is -2.14. The second-order valence-electron chi connectivity index (χ2n) is 4.88. The van der Waals surface area contributed by atoms with Gasteiger partial charge in [-0.15, -0.1) is 0 Å². The molecule has 1 N–H and O–H groups in total. The maximum Gasteiger partial charge on any atom is 0.163 e. The predicted octanol–water partition coefficient (Wildman–Crippen LogP) is 3.47. The molecule has 4 nitrogen and oxygen atoms in total. The van der Waals surface area contributed by atoms with Crippen molar-refractivity contribution in [2.75, 3.05) is 31.7 Å². The van der Waals surface area contributed by atoms with Gasteiger partial charge >= 0.3 is 0 Å². The summed E-state index contributed by atoms with van der Waals surface area (Å²) in [6.07, 6.45) is 3.87. The first-order valence-electron chi connectivity index (χ1n) is 7.58. The first-order valence-corrected chi connectivity index (χ1v) is 7.58. The van der Waals surface area contributed by atoms with Gasteiger partial charge in [-0.25, -0.2) is 0 Å². The quantitative estimate of drug-likeness (QED) is 0.791. The second kappa shape index (κ2) is 8.00. The minimum absolute atomic E-state index is 0.427. The average molecular weight is 279 g/mol. The van der Waals surface area contributed by atoms with Gasteiger partial charge in [0, 0.05) is 24.9 Å². The number of anilines is 1. The number of nitrogens with one attached hydrogen (secondary N) is 1. The third-order valence-corrected chi connectivity index (χ3v) is 3.36. The van der Waals surface area contributed by atoms with Crippen molar-refractivity contribution in [1.29, 1.82) is 0 Å². The van der Waals surface area contributed by atoms with Crippen molar-refractivity contribution in [3.05, 3.63) is 18.2 Å². The summed E-state index contributed by atoms with van der Waals surface area (Å²) in [6.45, 7) is 7.08. The van der Waals surface area contributed by atoms with Crippen LogP contribution in [0.15, 0.2) is 18.2 Å². The van der Waals surface area contributed by atoms with E-state index in [2.05, 4.69) is 5.32 Å². The Balaban J connectivity index is 1.88. The van der Waals surface area contributed by atoms with E-state index in [0.29, 0.717) is 19.3 Å². The third-order valence-electron chi connectivity index (χ3n) is 3.36. The normalized spacial score (nSPS) is 18.0. The summed E-state index contributed by atoms with van der Waals surface area (Å²) in [5.41, 5.74) is 1.06. The average Bonchev–Trinajstić information content (AvgIpc) is 2.95. The molecule has 0 amide bonds. The van der Waals surface area contributed by atoms with Crippen molar-refractivity contribution in [2.24, 2.45) is 0 Å². The van der Waals surface area contributed by atoms with Crippen LogP contribution in [0.3, 0.4) is 0 Å². The van der Waals surface area contributed by atoms with Crippen molar-refractivity contribution in [3.63, 3.8) is 0 Å². The van der Waals surface area contributed by atoms with Crippen LogP contribution in [-0.2, 0) is 4.74 Å². The molecule has 0 saturated carbocycles. The van der Waals surface area contributed by atoms with E-state index >= 15 is 0 Å². The Morgan fingerprint density at radius 1 is 1.20 bits per heavy atom. The number of hydrogen-bond acceptors (Lipinski definition) is 4. The second-order valence-corrected chi connectivity index (χ2v) is 4.88. The summed E-state index contributed by atoms with van der Waals surface area (Å²) in [6, 6.07) is 6.00. The van der Waals surface area contributed by atoms with Gasteiger partial charge < -0.3 is 19.5 Å². The molecule has 1 aromatic carbocycles. The highest BCUT2D eigenvalue weighted by molar-refractivity contribution is 5.54. The molecule has 0 radical (unpaired) electrons. The number of hydrogen-bond donors (Lipinski definition) is 1. The van der Waals surface area contributed by atoms with Crippen LogP contribution < -0.4 is 14.8 Å². The van der Waals surface area contributed by atoms with E-state index in [1.54, 1.807) is 0 Å². The lowest BCUT2D eigenvalue weighted by Crippen LogP contribution is -2.12. The summed E-state index contributed by atoms with van der Waals surface area (Å²) in [5, 5.41) is 3.42. The van der Waals surface area contributed by atoms with E-state index < -0.39 is 0 Å². The first kappa shape index (κ1) is 15.0. The Hall–Kier alpha value is -1.42. The van der Waals surface area contributed by atoms with Gasteiger partial charge in [0.15, 0.2) is 11.5 Å². The van der Waals surface area contributed by atoms with E-state index in [4.69, 9.17) is 14.2 Å². The van der Waals surface area contributed by atoms with Gasteiger partial charge in [0.1, 0.15) is 0 Å². The maximum absolute atomic E-state index is 5.62. The molecule has 1 fully saturated rings. The topological polar surface area (TPSA) is 39.7 Å². The third kappa shape index (κ3) is 4.30. The summed E-state index contributed by atoms with van der Waals surface area (Å²) >= 11 is 0. The van der Waals surface area contributed by atoms with Crippen LogP contribution in [0.2, 0.25) is 0 Å². The molecule has 112 valence electrons. The predicted molar refractivity (Wildman–Crippen MR) is 80.9 cm³/mol. The fourth-order valence-electron chi connectivity index (χ4n) is 2.41. The Labute approximate surface area is 121 Å². The van der Waals surface area contributed by atoms with E-state index in [9.17, 15) is 0 Å². The monoisotopic (exact) mass is 279 g/mol. The largest absolute Gasteiger partial charge is 0.490 e. The summed E-state index contributed by atoms with van der Waals surface area (Å²) < 4.78 is 16.8. The van der Waals surface area contributed by atoms with E-state index in [1.807, 2.05) is 32.0 Å². The van der Waals surface area contributed by atoms with E-state index in [0.717, 1.165) is 36.8 Å². The summed E-state index contributed by atoms with van der Waals surface area (Å²) in [7, 11) is 0. The van der Waals surface area contributed by atoms with E-state index in [1.165, 1.54) is 12.8 Å². The molecule has 0 aliphatic carbocycles. The SMILES string of the molecule is CCOc1ccc(NCCC2CCCO2)cc1OCC. The zero-order valence-electron chi connectivity index (χ0n) is 12.5. The van der Waals surface area contributed by atoms with Gasteiger partial charge in [0.25, 0.3) is 0 Å². The number of benzene rings is 1. The maximum atomic E-state index is 5.62. The zero-order chi connectivity index (χ0) is 14.2. The molecule has 2 rings (SSSR count). The van der Waals surface area contributed by atoms with Gasteiger partial charge in [-0.2, -0.15) is 0 Å². The van der Waals surface area contributed by atoms with Crippen LogP contribution in [0.1, 0.15) is 33.1 Å². The van der Waals surface area contributed by atoms with Crippen molar-refractivity contribution >= 4 is 5.69 Å². The fraction of sp³-hybridized carbons (Fsp3) is 0.625. The molecule has 1 heterocycles. The van der Waals surface area contributed by atoms with Crippen LogP contribution in [0.4, 0.5) is 5.69 Å². The molecule has 0 bridgehead atoms. The molecular formula is C16H25NO3. The van der Waals surface area contributed by atoms with Crippen molar-refractivity contribution < 1.29 is 14.2 Å². The van der Waals surface area contributed by atoms with Gasteiger partial charge in [-0.1, -0.05) is 0 Å². The summed E-state index contributed by atoms with van der Waals surface area (Å²) in [5.74, 6) is 1.61. The Morgan fingerprint density at radius 3 is 2.70 bits per heavy atom. The smallest absolute Gasteiger partial charge is 0.163 e. The van der Waals surface area contributed by atoms with Crippen molar-refractivity contribution in [1.82, 2.24) is 0 Å². The molecule has 4 heteroatoms. The molecule has 0 aromatic heterocycles. The van der Waals surface area contributed by atoms with Gasteiger partial charge in [-0.05, 0) is 45.2 Å². The Morgan fingerprint density at radius 2 is 2.00 bits per heavy atom. The molecule has 1 unspecified atom stereocenters. The first-order chi connectivity index (χ1) is 9.83. The molecule has 1 atom stereocenters. The zero-order valence-corrected chi connectivity index (χ0v) is 12.5. The van der Waals surface area contributed by atoms with Gasteiger partial charge in [0.05, 0.1) is 19.3 Å². The van der Waals surface area contributed by atoms with Crippen LogP contribution in [0.5, 0.6) is 11.5 Å². The van der Waals surface area contributed by atoms with Crippen molar-refractivity contribution in [3.8, 4) is 11.5 Å². The molecule has 20 heavy (non-hydrogen) atoms. The molecule has 1 aliphatic heterocycles. The molecule has 0 spiro atoms. The molecular weight excluding hydrogens is 254 g/mol. The highest BCUT2D eigenvalue weighted by Gasteiger charge is 2.14. The van der Waals surface area contributed by atoms with E-state index in [-0.39, 0.29) is 0 Å². The Kier molecular flexibility index (Phi) is 5.99.